The van der Waals surface area contributed by atoms with Crippen molar-refractivity contribution in [2.24, 2.45) is 0 Å². The van der Waals surface area contributed by atoms with Crippen LogP contribution >= 0.6 is 27.5 Å². The van der Waals surface area contributed by atoms with Crippen molar-refractivity contribution in [3.63, 3.8) is 0 Å². The van der Waals surface area contributed by atoms with Crippen LogP contribution in [-0.2, 0) is 6.61 Å². The molecule has 0 aliphatic rings. The Labute approximate surface area is 143 Å². The van der Waals surface area contributed by atoms with Gasteiger partial charge in [-0.2, -0.15) is 0 Å². The van der Waals surface area contributed by atoms with Crippen molar-refractivity contribution >= 4 is 27.5 Å². The van der Waals surface area contributed by atoms with Gasteiger partial charge in [0.1, 0.15) is 12.4 Å². The molecule has 0 saturated carbocycles. The predicted octanol–water partition coefficient (Wildman–Crippen LogP) is 6.35. The Bertz CT molecular complexity index is 734. The van der Waals surface area contributed by atoms with E-state index in [4.69, 9.17) is 16.3 Å². The first-order valence-electron chi connectivity index (χ1n) is 6.94. The molecule has 3 aromatic rings. The Balaban J connectivity index is 1.72. The van der Waals surface area contributed by atoms with Gasteiger partial charge in [0.05, 0.1) is 0 Å². The van der Waals surface area contributed by atoms with Gasteiger partial charge in [-0.1, -0.05) is 70.0 Å². The van der Waals surface area contributed by atoms with Crippen molar-refractivity contribution in [2.75, 3.05) is 0 Å². The van der Waals surface area contributed by atoms with Gasteiger partial charge in [0.25, 0.3) is 0 Å². The highest BCUT2D eigenvalue weighted by molar-refractivity contribution is 9.10. The summed E-state index contributed by atoms with van der Waals surface area (Å²) in [5.41, 5.74) is 3.34. The lowest BCUT2D eigenvalue weighted by Gasteiger charge is -2.08. The fourth-order valence-corrected chi connectivity index (χ4v) is 3.07. The molecule has 0 unspecified atom stereocenters. The van der Waals surface area contributed by atoms with Crippen LogP contribution in [0.25, 0.3) is 11.1 Å². The fourth-order valence-electron chi connectivity index (χ4n) is 2.21. The Morgan fingerprint density at radius 3 is 2.23 bits per heavy atom. The third-order valence-corrected chi connectivity index (χ3v) is 3.97. The average Bonchev–Trinajstić information content (AvgIpc) is 2.53. The van der Waals surface area contributed by atoms with Gasteiger partial charge in [-0.3, -0.25) is 0 Å². The van der Waals surface area contributed by atoms with Crippen LogP contribution in [0.2, 0.25) is 5.02 Å². The highest BCUT2D eigenvalue weighted by Gasteiger charge is 2.02. The number of hydrogen-bond acceptors (Lipinski definition) is 1. The van der Waals surface area contributed by atoms with Crippen molar-refractivity contribution in [1.29, 1.82) is 0 Å². The van der Waals surface area contributed by atoms with Gasteiger partial charge in [0, 0.05) is 9.50 Å². The molecular formula is C19H14BrClO. The molecule has 0 fully saturated rings. The van der Waals surface area contributed by atoms with E-state index >= 15 is 0 Å². The van der Waals surface area contributed by atoms with Crippen molar-refractivity contribution in [3.05, 3.63) is 87.9 Å². The normalized spacial score (nSPS) is 10.5. The van der Waals surface area contributed by atoms with E-state index in [2.05, 4.69) is 28.1 Å². The summed E-state index contributed by atoms with van der Waals surface area (Å²) in [5, 5.41) is 0.716. The third-order valence-electron chi connectivity index (χ3n) is 3.30. The van der Waals surface area contributed by atoms with Crippen molar-refractivity contribution in [3.8, 4) is 16.9 Å². The van der Waals surface area contributed by atoms with E-state index in [9.17, 15) is 0 Å². The highest BCUT2D eigenvalue weighted by Crippen LogP contribution is 2.28. The maximum absolute atomic E-state index is 6.09. The zero-order valence-corrected chi connectivity index (χ0v) is 14.1. The fraction of sp³-hybridized carbons (Fsp3) is 0.0526. The van der Waals surface area contributed by atoms with Gasteiger partial charge in [-0.15, -0.1) is 0 Å². The Morgan fingerprint density at radius 1 is 0.818 bits per heavy atom. The number of rotatable bonds is 4. The smallest absolute Gasteiger partial charge is 0.119 e. The predicted molar refractivity (Wildman–Crippen MR) is 95.4 cm³/mol. The van der Waals surface area contributed by atoms with Gasteiger partial charge < -0.3 is 4.74 Å². The van der Waals surface area contributed by atoms with Crippen LogP contribution in [0.1, 0.15) is 5.56 Å². The Kier molecular flexibility index (Phi) is 4.81. The monoisotopic (exact) mass is 372 g/mol. The van der Waals surface area contributed by atoms with Crippen LogP contribution in [-0.4, -0.2) is 0 Å². The molecule has 0 N–H and O–H groups in total. The van der Waals surface area contributed by atoms with E-state index in [-0.39, 0.29) is 0 Å². The van der Waals surface area contributed by atoms with Gasteiger partial charge in [0.15, 0.2) is 0 Å². The van der Waals surface area contributed by atoms with Gasteiger partial charge in [0.2, 0.25) is 0 Å². The van der Waals surface area contributed by atoms with Crippen LogP contribution in [0.15, 0.2) is 77.3 Å². The van der Waals surface area contributed by atoms with Crippen LogP contribution in [0.3, 0.4) is 0 Å². The van der Waals surface area contributed by atoms with Crippen molar-refractivity contribution in [2.45, 2.75) is 6.61 Å². The molecule has 0 amide bonds. The number of benzene rings is 3. The maximum Gasteiger partial charge on any atom is 0.119 e. The zero-order valence-electron chi connectivity index (χ0n) is 11.8. The summed E-state index contributed by atoms with van der Waals surface area (Å²) in [6.45, 7) is 0.572. The quantitative estimate of drug-likeness (QED) is 0.518. The molecule has 0 saturated heterocycles. The number of hydrogen-bond donors (Lipinski definition) is 0. The molecule has 0 radical (unpaired) electrons. The average molecular weight is 374 g/mol. The zero-order chi connectivity index (χ0) is 15.4. The second kappa shape index (κ2) is 6.99. The molecule has 0 bridgehead atoms. The molecular weight excluding hydrogens is 360 g/mol. The summed E-state index contributed by atoms with van der Waals surface area (Å²) >= 11 is 9.56. The summed E-state index contributed by atoms with van der Waals surface area (Å²) in [5.74, 6) is 0.855. The minimum Gasteiger partial charge on any atom is -0.489 e. The van der Waals surface area contributed by atoms with Crippen LogP contribution in [0, 0.1) is 0 Å². The first-order valence-corrected chi connectivity index (χ1v) is 8.11. The number of ether oxygens (including phenoxy) is 1. The minimum absolute atomic E-state index is 0.572. The molecule has 0 aliphatic heterocycles. The molecule has 22 heavy (non-hydrogen) atoms. The molecule has 0 aromatic heterocycles. The van der Waals surface area contributed by atoms with E-state index in [0.717, 1.165) is 26.9 Å². The lowest BCUT2D eigenvalue weighted by Crippen LogP contribution is -1.94. The number of halogens is 2. The second-order valence-electron chi connectivity index (χ2n) is 4.96. The second-order valence-corrected chi connectivity index (χ2v) is 6.31. The summed E-state index contributed by atoms with van der Waals surface area (Å²) in [6.07, 6.45) is 0. The third kappa shape index (κ3) is 3.90. The van der Waals surface area contributed by atoms with Gasteiger partial charge in [-0.05, 0) is 47.0 Å². The largest absolute Gasteiger partial charge is 0.489 e. The lowest BCUT2D eigenvalue weighted by atomic mass is 10.1. The molecule has 0 aliphatic carbocycles. The molecule has 0 atom stereocenters. The minimum atomic E-state index is 0.572. The summed E-state index contributed by atoms with van der Waals surface area (Å²) in [6, 6.07) is 24.0. The van der Waals surface area contributed by atoms with Crippen LogP contribution in [0.5, 0.6) is 5.75 Å². The Hall–Kier alpha value is -1.77. The lowest BCUT2D eigenvalue weighted by molar-refractivity contribution is 0.306. The van der Waals surface area contributed by atoms with E-state index < -0.39 is 0 Å². The van der Waals surface area contributed by atoms with Gasteiger partial charge in [-0.25, -0.2) is 0 Å². The van der Waals surface area contributed by atoms with E-state index in [1.165, 1.54) is 0 Å². The van der Waals surface area contributed by atoms with Crippen LogP contribution < -0.4 is 4.74 Å². The summed E-state index contributed by atoms with van der Waals surface area (Å²) < 4.78 is 6.77. The van der Waals surface area contributed by atoms with Crippen LogP contribution in [0.4, 0.5) is 0 Å². The standard InChI is InChI=1S/C19H14BrClO/c20-17-10-16(11-18(21)12-17)15-6-8-19(9-7-15)22-13-14-4-2-1-3-5-14/h1-12H,13H2. The van der Waals surface area contributed by atoms with E-state index in [0.29, 0.717) is 11.6 Å². The Morgan fingerprint density at radius 2 is 1.55 bits per heavy atom. The SMILES string of the molecule is Clc1cc(Br)cc(-c2ccc(OCc3ccccc3)cc2)c1. The van der Waals surface area contributed by atoms with E-state index in [1.807, 2.05) is 60.7 Å². The molecule has 110 valence electrons. The summed E-state index contributed by atoms with van der Waals surface area (Å²) in [7, 11) is 0. The molecule has 0 heterocycles. The first-order chi connectivity index (χ1) is 10.7. The topological polar surface area (TPSA) is 9.23 Å². The molecule has 3 rings (SSSR count). The summed E-state index contributed by atoms with van der Waals surface area (Å²) in [4.78, 5) is 0. The first kappa shape index (κ1) is 15.1. The molecule has 1 nitrogen and oxygen atoms in total. The van der Waals surface area contributed by atoms with Crippen molar-refractivity contribution in [1.82, 2.24) is 0 Å². The maximum atomic E-state index is 6.09. The molecule has 3 aromatic carbocycles. The van der Waals surface area contributed by atoms with Gasteiger partial charge >= 0.3 is 0 Å². The van der Waals surface area contributed by atoms with E-state index in [1.54, 1.807) is 0 Å². The highest BCUT2D eigenvalue weighted by atomic mass is 79.9. The molecule has 0 spiro atoms. The molecule has 3 heteroatoms. The van der Waals surface area contributed by atoms with Crippen molar-refractivity contribution < 1.29 is 4.74 Å².